The van der Waals surface area contributed by atoms with Gasteiger partial charge in [-0.15, -0.1) is 0 Å². The summed E-state index contributed by atoms with van der Waals surface area (Å²) < 4.78 is 0. The number of hydrogen-bond donors (Lipinski definition) is 2. The Morgan fingerprint density at radius 1 is 1.12 bits per heavy atom. The molecule has 0 spiro atoms. The molecule has 6 heteroatoms. The Morgan fingerprint density at radius 2 is 1.88 bits per heavy atom. The molecule has 0 fully saturated rings. The fraction of sp³-hybridized carbons (Fsp3) is 0.278. The van der Waals surface area contributed by atoms with Crippen molar-refractivity contribution in [1.82, 2.24) is 10.6 Å². The van der Waals surface area contributed by atoms with Crippen LogP contribution in [0, 0.1) is 17.0 Å². The van der Waals surface area contributed by atoms with Crippen LogP contribution in [0.25, 0.3) is 0 Å². The number of rotatable bonds is 6. The summed E-state index contributed by atoms with van der Waals surface area (Å²) in [6.45, 7) is 5.85. The molecule has 0 heterocycles. The third kappa shape index (κ3) is 5.39. The molecular formula is C18H22N4O2. The Labute approximate surface area is 141 Å². The summed E-state index contributed by atoms with van der Waals surface area (Å²) in [7, 11) is 0. The van der Waals surface area contributed by atoms with E-state index in [2.05, 4.69) is 46.8 Å². The van der Waals surface area contributed by atoms with Crippen LogP contribution in [-0.4, -0.2) is 17.4 Å². The van der Waals surface area contributed by atoms with E-state index in [1.54, 1.807) is 12.1 Å². The van der Waals surface area contributed by atoms with Gasteiger partial charge >= 0.3 is 0 Å². The molecule has 0 saturated carbocycles. The molecular weight excluding hydrogens is 304 g/mol. The second-order valence-corrected chi connectivity index (χ2v) is 5.46. The SMILES string of the molecule is CCNC(=NCc1cccc([N+](=O)[O-])c1)NCc1ccc(C)cc1. The van der Waals surface area contributed by atoms with Crippen LogP contribution in [0.4, 0.5) is 5.69 Å². The van der Waals surface area contributed by atoms with Crippen molar-refractivity contribution < 1.29 is 4.92 Å². The number of aliphatic imine (C=N–C) groups is 1. The van der Waals surface area contributed by atoms with E-state index >= 15 is 0 Å². The minimum Gasteiger partial charge on any atom is -0.357 e. The fourth-order valence-electron chi connectivity index (χ4n) is 2.17. The zero-order valence-corrected chi connectivity index (χ0v) is 14.0. The molecule has 0 aliphatic rings. The van der Waals surface area contributed by atoms with Crippen molar-refractivity contribution in [3.63, 3.8) is 0 Å². The molecule has 0 amide bonds. The van der Waals surface area contributed by atoms with Crippen molar-refractivity contribution in [2.24, 2.45) is 4.99 Å². The average molecular weight is 326 g/mol. The van der Waals surface area contributed by atoms with E-state index in [9.17, 15) is 10.1 Å². The molecule has 24 heavy (non-hydrogen) atoms. The first-order valence-corrected chi connectivity index (χ1v) is 7.89. The molecule has 0 unspecified atom stereocenters. The molecule has 2 rings (SSSR count). The van der Waals surface area contributed by atoms with Gasteiger partial charge in [-0.1, -0.05) is 42.0 Å². The van der Waals surface area contributed by atoms with E-state index < -0.39 is 4.92 Å². The van der Waals surface area contributed by atoms with Gasteiger partial charge in [0.05, 0.1) is 11.5 Å². The molecule has 2 N–H and O–H groups in total. The number of nitrogens with one attached hydrogen (secondary N) is 2. The molecule has 0 aliphatic carbocycles. The number of aryl methyl sites for hydroxylation is 1. The summed E-state index contributed by atoms with van der Waals surface area (Å²) in [5.41, 5.74) is 3.28. The lowest BCUT2D eigenvalue weighted by molar-refractivity contribution is -0.384. The van der Waals surface area contributed by atoms with Gasteiger partial charge in [0.1, 0.15) is 0 Å². The first-order chi connectivity index (χ1) is 11.6. The van der Waals surface area contributed by atoms with E-state index in [0.29, 0.717) is 19.0 Å². The van der Waals surface area contributed by atoms with Crippen molar-refractivity contribution in [3.05, 3.63) is 75.3 Å². The molecule has 0 atom stereocenters. The van der Waals surface area contributed by atoms with Gasteiger partial charge in [0, 0.05) is 25.2 Å². The Hall–Kier alpha value is -2.89. The number of hydrogen-bond acceptors (Lipinski definition) is 3. The first-order valence-electron chi connectivity index (χ1n) is 7.89. The molecule has 0 aliphatic heterocycles. The lowest BCUT2D eigenvalue weighted by atomic mass is 10.1. The summed E-state index contributed by atoms with van der Waals surface area (Å²) in [6.07, 6.45) is 0. The van der Waals surface area contributed by atoms with Gasteiger partial charge in [-0.3, -0.25) is 10.1 Å². The monoisotopic (exact) mass is 326 g/mol. The molecule has 2 aromatic rings. The maximum absolute atomic E-state index is 10.8. The average Bonchev–Trinajstić information content (AvgIpc) is 2.59. The van der Waals surface area contributed by atoms with E-state index in [-0.39, 0.29) is 5.69 Å². The lowest BCUT2D eigenvalue weighted by Crippen LogP contribution is -2.36. The van der Waals surface area contributed by atoms with Crippen molar-refractivity contribution in [1.29, 1.82) is 0 Å². The molecule has 126 valence electrons. The van der Waals surface area contributed by atoms with Crippen LogP contribution in [0.15, 0.2) is 53.5 Å². The predicted octanol–water partition coefficient (Wildman–Crippen LogP) is 3.16. The Bertz CT molecular complexity index is 711. The van der Waals surface area contributed by atoms with Crippen molar-refractivity contribution in [2.45, 2.75) is 26.9 Å². The Balaban J connectivity index is 2.00. The van der Waals surface area contributed by atoms with E-state index in [1.165, 1.54) is 17.2 Å². The standard InChI is InChI=1S/C18H22N4O2/c1-3-19-18(20-12-15-9-7-14(2)8-10-15)21-13-16-5-4-6-17(11-16)22(23)24/h4-11H,3,12-13H2,1-2H3,(H2,19,20,21). The third-order valence-electron chi connectivity index (χ3n) is 3.47. The minimum absolute atomic E-state index is 0.0836. The van der Waals surface area contributed by atoms with Crippen LogP contribution < -0.4 is 10.6 Å². The molecule has 6 nitrogen and oxygen atoms in total. The normalized spacial score (nSPS) is 11.2. The van der Waals surface area contributed by atoms with Gasteiger partial charge in [0.25, 0.3) is 5.69 Å². The van der Waals surface area contributed by atoms with Crippen LogP contribution in [-0.2, 0) is 13.1 Å². The Kier molecular flexibility index (Phi) is 6.31. The largest absolute Gasteiger partial charge is 0.357 e. The number of nitro benzene ring substituents is 1. The number of nitrogens with zero attached hydrogens (tertiary/aromatic N) is 2. The number of non-ortho nitro benzene ring substituents is 1. The summed E-state index contributed by atoms with van der Waals surface area (Å²) in [5, 5.41) is 17.3. The van der Waals surface area contributed by atoms with Crippen molar-refractivity contribution in [2.75, 3.05) is 6.54 Å². The van der Waals surface area contributed by atoms with Crippen LogP contribution >= 0.6 is 0 Å². The quantitative estimate of drug-likeness (QED) is 0.370. The Morgan fingerprint density at radius 3 is 2.54 bits per heavy atom. The number of nitro groups is 1. The smallest absolute Gasteiger partial charge is 0.269 e. The van der Waals surface area contributed by atoms with E-state index in [0.717, 1.165) is 12.1 Å². The van der Waals surface area contributed by atoms with E-state index in [1.807, 2.05) is 13.0 Å². The molecule has 0 saturated heterocycles. The number of benzene rings is 2. The van der Waals surface area contributed by atoms with Crippen LogP contribution in [0.1, 0.15) is 23.6 Å². The highest BCUT2D eigenvalue weighted by atomic mass is 16.6. The van der Waals surface area contributed by atoms with Crippen molar-refractivity contribution in [3.8, 4) is 0 Å². The van der Waals surface area contributed by atoms with Gasteiger partial charge in [-0.25, -0.2) is 4.99 Å². The molecule has 0 radical (unpaired) electrons. The topological polar surface area (TPSA) is 79.6 Å². The first kappa shape index (κ1) is 17.5. The molecule has 0 bridgehead atoms. The summed E-state index contributed by atoms with van der Waals surface area (Å²) in [5.74, 6) is 0.685. The van der Waals surface area contributed by atoms with Crippen LogP contribution in [0.5, 0.6) is 0 Å². The highest BCUT2D eigenvalue weighted by Gasteiger charge is 2.05. The second kappa shape index (κ2) is 8.67. The summed E-state index contributed by atoms with van der Waals surface area (Å²) in [6, 6.07) is 14.8. The predicted molar refractivity (Wildman–Crippen MR) is 95.9 cm³/mol. The van der Waals surface area contributed by atoms with Crippen molar-refractivity contribution >= 4 is 11.6 Å². The van der Waals surface area contributed by atoms with Crippen LogP contribution in [0.3, 0.4) is 0 Å². The third-order valence-corrected chi connectivity index (χ3v) is 3.47. The van der Waals surface area contributed by atoms with Gasteiger partial charge in [-0.2, -0.15) is 0 Å². The van der Waals surface area contributed by atoms with Gasteiger partial charge < -0.3 is 10.6 Å². The van der Waals surface area contributed by atoms with Gasteiger partial charge in [-0.05, 0) is 25.0 Å². The highest BCUT2D eigenvalue weighted by Crippen LogP contribution is 2.13. The second-order valence-electron chi connectivity index (χ2n) is 5.46. The zero-order chi connectivity index (χ0) is 17.4. The van der Waals surface area contributed by atoms with Gasteiger partial charge in [0.15, 0.2) is 5.96 Å². The lowest BCUT2D eigenvalue weighted by Gasteiger charge is -2.11. The van der Waals surface area contributed by atoms with Crippen LogP contribution in [0.2, 0.25) is 0 Å². The molecule has 2 aromatic carbocycles. The van der Waals surface area contributed by atoms with Gasteiger partial charge in [0.2, 0.25) is 0 Å². The highest BCUT2D eigenvalue weighted by molar-refractivity contribution is 5.79. The van der Waals surface area contributed by atoms with E-state index in [4.69, 9.17) is 0 Å². The number of guanidine groups is 1. The molecule has 0 aromatic heterocycles. The fourth-order valence-corrected chi connectivity index (χ4v) is 2.17. The zero-order valence-electron chi connectivity index (χ0n) is 14.0. The minimum atomic E-state index is -0.395. The summed E-state index contributed by atoms with van der Waals surface area (Å²) in [4.78, 5) is 14.9. The maximum Gasteiger partial charge on any atom is 0.269 e. The summed E-state index contributed by atoms with van der Waals surface area (Å²) >= 11 is 0. The maximum atomic E-state index is 10.8.